The van der Waals surface area contributed by atoms with Crippen molar-refractivity contribution in [3.8, 4) is 11.3 Å². The summed E-state index contributed by atoms with van der Waals surface area (Å²) in [5.74, 6) is -0.608. The Hall–Kier alpha value is -2.26. The second-order valence-corrected chi connectivity index (χ2v) is 6.53. The summed E-state index contributed by atoms with van der Waals surface area (Å²) in [4.78, 5) is 35.4. The Kier molecular flexibility index (Phi) is 7.08. The van der Waals surface area contributed by atoms with Crippen LogP contribution in [0.4, 0.5) is 5.00 Å². The Morgan fingerprint density at radius 2 is 2.12 bits per heavy atom. The molecule has 2 heterocycles. The van der Waals surface area contributed by atoms with Crippen LogP contribution in [0.3, 0.4) is 0 Å². The predicted octanol–water partition coefficient (Wildman–Crippen LogP) is 3.03. The highest BCUT2D eigenvalue weighted by atomic mass is 32.2. The van der Waals surface area contributed by atoms with Gasteiger partial charge < -0.3 is 19.2 Å². The molecule has 2 aromatic rings. The van der Waals surface area contributed by atoms with Crippen LogP contribution >= 0.6 is 23.1 Å². The van der Waals surface area contributed by atoms with Gasteiger partial charge in [-0.25, -0.2) is 4.79 Å². The van der Waals surface area contributed by atoms with Gasteiger partial charge in [0.1, 0.15) is 16.3 Å². The average molecular weight is 383 g/mol. The first-order valence-electron chi connectivity index (χ1n) is 7.33. The standard InChI is InChI=1S/C16H17NO6S2/c1-3-22-16(20)14-10(11-5-4-6-23-11)7-25-15(14)17-12(18)8-24-9-13(19)21-2/h4-7H,3,8-9H2,1-2H3,(H,17,18). The van der Waals surface area contributed by atoms with Gasteiger partial charge in [0.2, 0.25) is 5.91 Å². The summed E-state index contributed by atoms with van der Waals surface area (Å²) in [7, 11) is 1.29. The zero-order chi connectivity index (χ0) is 18.2. The number of ether oxygens (including phenoxy) is 2. The molecule has 0 radical (unpaired) electrons. The molecular weight excluding hydrogens is 366 g/mol. The van der Waals surface area contributed by atoms with E-state index in [4.69, 9.17) is 9.15 Å². The smallest absolute Gasteiger partial charge is 0.341 e. The summed E-state index contributed by atoms with van der Waals surface area (Å²) in [5.41, 5.74) is 0.819. The molecule has 1 amide bonds. The normalized spacial score (nSPS) is 10.3. The van der Waals surface area contributed by atoms with Crippen LogP contribution in [0.15, 0.2) is 28.2 Å². The molecule has 0 fully saturated rings. The minimum Gasteiger partial charge on any atom is -0.468 e. The molecule has 0 spiro atoms. The van der Waals surface area contributed by atoms with Gasteiger partial charge in [0.25, 0.3) is 0 Å². The number of hydrogen-bond acceptors (Lipinski definition) is 8. The Balaban J connectivity index is 2.13. The van der Waals surface area contributed by atoms with Crippen molar-refractivity contribution in [2.45, 2.75) is 6.92 Å². The molecule has 2 aromatic heterocycles. The number of esters is 2. The fourth-order valence-electron chi connectivity index (χ4n) is 1.92. The lowest BCUT2D eigenvalue weighted by Gasteiger charge is -2.07. The first-order chi connectivity index (χ1) is 12.1. The molecule has 9 heteroatoms. The second kappa shape index (κ2) is 9.28. The van der Waals surface area contributed by atoms with Gasteiger partial charge in [-0.1, -0.05) is 0 Å². The molecule has 1 N–H and O–H groups in total. The van der Waals surface area contributed by atoms with Gasteiger partial charge >= 0.3 is 11.9 Å². The van der Waals surface area contributed by atoms with Crippen LogP contribution < -0.4 is 5.32 Å². The second-order valence-electron chi connectivity index (χ2n) is 4.67. The number of amides is 1. The quantitative estimate of drug-likeness (QED) is 0.700. The molecule has 0 bridgehead atoms. The summed E-state index contributed by atoms with van der Waals surface area (Å²) in [6.07, 6.45) is 1.50. The molecule has 2 rings (SSSR count). The fraction of sp³-hybridized carbons (Fsp3) is 0.312. The van der Waals surface area contributed by atoms with Crippen LogP contribution in [0, 0.1) is 0 Å². The van der Waals surface area contributed by atoms with E-state index in [9.17, 15) is 14.4 Å². The van der Waals surface area contributed by atoms with E-state index in [2.05, 4.69) is 10.1 Å². The van der Waals surface area contributed by atoms with Crippen molar-refractivity contribution in [3.63, 3.8) is 0 Å². The van der Waals surface area contributed by atoms with E-state index in [0.717, 1.165) is 11.8 Å². The molecule has 0 aliphatic carbocycles. The molecule has 25 heavy (non-hydrogen) atoms. The summed E-state index contributed by atoms with van der Waals surface area (Å²) >= 11 is 2.33. The van der Waals surface area contributed by atoms with Crippen molar-refractivity contribution in [2.24, 2.45) is 0 Å². The van der Waals surface area contributed by atoms with E-state index in [0.29, 0.717) is 16.3 Å². The highest BCUT2D eigenvalue weighted by molar-refractivity contribution is 8.00. The van der Waals surface area contributed by atoms with Gasteiger partial charge in [-0.3, -0.25) is 9.59 Å². The number of hydrogen-bond donors (Lipinski definition) is 1. The lowest BCUT2D eigenvalue weighted by molar-refractivity contribution is -0.137. The molecule has 0 aromatic carbocycles. The maximum atomic E-state index is 12.3. The number of anilines is 1. The minimum atomic E-state index is -0.535. The Morgan fingerprint density at radius 3 is 2.76 bits per heavy atom. The number of furan rings is 1. The molecule has 134 valence electrons. The Bertz CT molecular complexity index is 738. The highest BCUT2D eigenvalue weighted by Gasteiger charge is 2.24. The van der Waals surface area contributed by atoms with E-state index >= 15 is 0 Å². The number of carbonyl (C=O) groups is 3. The third-order valence-electron chi connectivity index (χ3n) is 2.99. The topological polar surface area (TPSA) is 94.8 Å². The van der Waals surface area contributed by atoms with Crippen molar-refractivity contribution in [1.82, 2.24) is 0 Å². The van der Waals surface area contributed by atoms with Gasteiger partial charge in [-0.2, -0.15) is 0 Å². The van der Waals surface area contributed by atoms with Gasteiger partial charge in [-0.15, -0.1) is 23.1 Å². The monoisotopic (exact) mass is 383 g/mol. The van der Waals surface area contributed by atoms with Crippen LogP contribution in [-0.4, -0.2) is 43.1 Å². The van der Waals surface area contributed by atoms with E-state index in [1.54, 1.807) is 24.4 Å². The molecule has 0 saturated heterocycles. The highest BCUT2D eigenvalue weighted by Crippen LogP contribution is 2.36. The van der Waals surface area contributed by atoms with E-state index < -0.39 is 11.9 Å². The number of thiophene rings is 1. The van der Waals surface area contributed by atoms with E-state index in [1.807, 2.05) is 0 Å². The molecular formula is C16H17NO6S2. The largest absolute Gasteiger partial charge is 0.468 e. The number of carbonyl (C=O) groups excluding carboxylic acids is 3. The van der Waals surface area contributed by atoms with Crippen LogP contribution in [0.25, 0.3) is 11.3 Å². The zero-order valence-electron chi connectivity index (χ0n) is 13.7. The Labute approximate surface area is 152 Å². The molecule has 0 aliphatic heterocycles. The summed E-state index contributed by atoms with van der Waals surface area (Å²) in [5, 5.41) is 4.80. The molecule has 0 atom stereocenters. The first kappa shape index (κ1) is 19.1. The third kappa shape index (κ3) is 5.10. The van der Waals surface area contributed by atoms with Crippen molar-refractivity contribution < 1.29 is 28.3 Å². The van der Waals surface area contributed by atoms with Gasteiger partial charge in [0, 0.05) is 10.9 Å². The number of methoxy groups -OCH3 is 1. The molecule has 7 nitrogen and oxygen atoms in total. The number of rotatable bonds is 8. The maximum Gasteiger partial charge on any atom is 0.341 e. The Morgan fingerprint density at radius 1 is 1.32 bits per heavy atom. The lowest BCUT2D eigenvalue weighted by atomic mass is 10.1. The molecule has 0 unspecified atom stereocenters. The SMILES string of the molecule is CCOC(=O)c1c(-c2ccco2)csc1NC(=O)CSCC(=O)OC. The van der Waals surface area contributed by atoms with Crippen molar-refractivity contribution >= 4 is 45.9 Å². The van der Waals surface area contributed by atoms with Gasteiger partial charge in [0.05, 0.1) is 31.5 Å². The minimum absolute atomic E-state index is 0.0609. The van der Waals surface area contributed by atoms with Crippen LogP contribution in [0.5, 0.6) is 0 Å². The van der Waals surface area contributed by atoms with Crippen molar-refractivity contribution in [2.75, 3.05) is 30.5 Å². The molecule has 0 saturated carbocycles. The van der Waals surface area contributed by atoms with Crippen molar-refractivity contribution in [1.29, 1.82) is 0 Å². The maximum absolute atomic E-state index is 12.3. The van der Waals surface area contributed by atoms with Crippen LogP contribution in [-0.2, 0) is 19.1 Å². The number of nitrogens with one attached hydrogen (secondary N) is 1. The lowest BCUT2D eigenvalue weighted by Crippen LogP contribution is -2.17. The van der Waals surface area contributed by atoms with E-state index in [1.165, 1.54) is 24.7 Å². The fourth-order valence-corrected chi connectivity index (χ4v) is 3.52. The zero-order valence-corrected chi connectivity index (χ0v) is 15.3. The summed E-state index contributed by atoms with van der Waals surface area (Å²) in [6.45, 7) is 1.92. The van der Waals surface area contributed by atoms with Gasteiger partial charge in [0.15, 0.2) is 0 Å². The predicted molar refractivity (Wildman–Crippen MR) is 95.9 cm³/mol. The summed E-state index contributed by atoms with van der Waals surface area (Å²) < 4.78 is 14.9. The first-order valence-corrected chi connectivity index (χ1v) is 9.37. The number of thioether (sulfide) groups is 1. The average Bonchev–Trinajstić information content (AvgIpc) is 3.24. The van der Waals surface area contributed by atoms with Gasteiger partial charge in [-0.05, 0) is 19.1 Å². The van der Waals surface area contributed by atoms with Crippen LogP contribution in [0.2, 0.25) is 0 Å². The third-order valence-corrected chi connectivity index (χ3v) is 4.79. The van der Waals surface area contributed by atoms with Crippen LogP contribution in [0.1, 0.15) is 17.3 Å². The van der Waals surface area contributed by atoms with E-state index in [-0.39, 0.29) is 29.6 Å². The van der Waals surface area contributed by atoms with Crippen molar-refractivity contribution in [3.05, 3.63) is 29.3 Å². The summed E-state index contributed by atoms with van der Waals surface area (Å²) in [6, 6.07) is 3.44. The molecule has 0 aliphatic rings.